The Morgan fingerprint density at radius 2 is 1.73 bits per heavy atom. The van der Waals surface area contributed by atoms with Gasteiger partial charge in [-0.3, -0.25) is 4.79 Å². The van der Waals surface area contributed by atoms with Gasteiger partial charge in [0.2, 0.25) is 0 Å². The first-order chi connectivity index (χ1) is 12.7. The molecule has 0 unspecified atom stereocenters. The largest absolute Gasteiger partial charge is 0.353 e. The molecule has 0 fully saturated rings. The molecule has 26 heavy (non-hydrogen) atoms. The first-order valence-corrected chi connectivity index (χ1v) is 8.95. The predicted octanol–water partition coefficient (Wildman–Crippen LogP) is 4.20. The van der Waals surface area contributed by atoms with Crippen LogP contribution in [0.25, 0.3) is 44.1 Å². The highest BCUT2D eigenvalue weighted by atomic mass is 16.1. The van der Waals surface area contributed by atoms with E-state index in [0.29, 0.717) is 0 Å². The molecule has 0 aliphatic carbocycles. The van der Waals surface area contributed by atoms with Crippen LogP contribution in [0.3, 0.4) is 0 Å². The molecule has 0 atom stereocenters. The fraction of sp³-hybridized carbons (Fsp3) is 0.136. The third kappa shape index (κ3) is 1.57. The van der Waals surface area contributed by atoms with Crippen LogP contribution in [0.1, 0.15) is 5.56 Å². The maximum atomic E-state index is 13.4. The zero-order chi connectivity index (χ0) is 17.4. The highest BCUT2D eigenvalue weighted by Crippen LogP contribution is 2.36. The first kappa shape index (κ1) is 14.0. The normalized spacial score (nSPS) is 13.4. The highest BCUT2D eigenvalue weighted by Gasteiger charge is 2.24. The number of pyridine rings is 1. The second kappa shape index (κ2) is 4.67. The molecular weight excluding hydrogens is 322 g/mol. The van der Waals surface area contributed by atoms with E-state index in [-0.39, 0.29) is 5.56 Å². The quantitative estimate of drug-likeness (QED) is 0.451. The smallest absolute Gasteiger partial charge is 0.261 e. The monoisotopic (exact) mass is 339 g/mol. The minimum atomic E-state index is 0.110. The Balaban J connectivity index is 1.79. The topological polar surface area (TPSA) is 42.7 Å². The van der Waals surface area contributed by atoms with Crippen LogP contribution in [0.2, 0.25) is 0 Å². The van der Waals surface area contributed by atoms with Crippen LogP contribution in [0.5, 0.6) is 0 Å². The number of rotatable bonds is 0. The SMILES string of the molecule is Cn1c2ccccc2c2c(=O)n3c(cc21)-c1[nH]c2ccccc2c1CC3. The molecule has 6 rings (SSSR count). The number of benzene rings is 2. The number of nitrogens with one attached hydrogen (secondary N) is 1. The number of para-hydroxylation sites is 2. The van der Waals surface area contributed by atoms with Gasteiger partial charge >= 0.3 is 0 Å². The summed E-state index contributed by atoms with van der Waals surface area (Å²) in [5.74, 6) is 0. The molecule has 3 aromatic heterocycles. The van der Waals surface area contributed by atoms with E-state index in [9.17, 15) is 4.79 Å². The van der Waals surface area contributed by atoms with Crippen molar-refractivity contribution in [2.75, 3.05) is 0 Å². The molecule has 5 aromatic rings. The van der Waals surface area contributed by atoms with Crippen molar-refractivity contribution in [1.29, 1.82) is 0 Å². The van der Waals surface area contributed by atoms with Gasteiger partial charge in [-0.15, -0.1) is 0 Å². The Hall–Kier alpha value is -3.27. The number of nitrogens with zero attached hydrogens (tertiary/aromatic N) is 2. The molecule has 1 aliphatic heterocycles. The number of fused-ring (bicyclic) bond motifs is 8. The van der Waals surface area contributed by atoms with Crippen molar-refractivity contribution in [2.24, 2.45) is 7.05 Å². The van der Waals surface area contributed by atoms with E-state index in [1.807, 2.05) is 35.9 Å². The Morgan fingerprint density at radius 1 is 0.962 bits per heavy atom. The van der Waals surface area contributed by atoms with Crippen LogP contribution in [-0.4, -0.2) is 14.1 Å². The lowest BCUT2D eigenvalue weighted by atomic mass is 10.0. The maximum Gasteiger partial charge on any atom is 0.261 e. The number of H-pyrrole nitrogens is 1. The summed E-state index contributed by atoms with van der Waals surface area (Å²) in [6.45, 7) is 0.724. The average Bonchev–Trinajstić information content (AvgIpc) is 3.19. The van der Waals surface area contributed by atoms with Gasteiger partial charge in [-0.25, -0.2) is 0 Å². The zero-order valence-corrected chi connectivity index (χ0v) is 14.4. The van der Waals surface area contributed by atoms with Crippen molar-refractivity contribution in [2.45, 2.75) is 13.0 Å². The highest BCUT2D eigenvalue weighted by molar-refractivity contribution is 6.08. The molecule has 0 saturated heterocycles. The van der Waals surface area contributed by atoms with Gasteiger partial charge in [-0.05, 0) is 30.2 Å². The van der Waals surface area contributed by atoms with Gasteiger partial charge < -0.3 is 14.1 Å². The van der Waals surface area contributed by atoms with Crippen molar-refractivity contribution >= 4 is 32.7 Å². The number of aryl methyl sites for hydroxylation is 2. The number of hydrogen-bond donors (Lipinski definition) is 1. The predicted molar refractivity (Wildman–Crippen MR) is 106 cm³/mol. The van der Waals surface area contributed by atoms with E-state index in [2.05, 4.69) is 39.9 Å². The molecular formula is C22H17N3O. The molecule has 0 radical (unpaired) electrons. The fourth-order valence-electron chi connectivity index (χ4n) is 4.59. The van der Waals surface area contributed by atoms with Crippen molar-refractivity contribution in [3.63, 3.8) is 0 Å². The first-order valence-electron chi connectivity index (χ1n) is 8.95. The summed E-state index contributed by atoms with van der Waals surface area (Å²) in [4.78, 5) is 16.9. The van der Waals surface area contributed by atoms with E-state index in [4.69, 9.17) is 0 Å². The van der Waals surface area contributed by atoms with Crippen molar-refractivity contribution in [1.82, 2.24) is 14.1 Å². The molecule has 4 heteroatoms. The van der Waals surface area contributed by atoms with Gasteiger partial charge in [0.1, 0.15) is 0 Å². The summed E-state index contributed by atoms with van der Waals surface area (Å²) in [6, 6.07) is 18.7. The molecule has 4 nitrogen and oxygen atoms in total. The van der Waals surface area contributed by atoms with Crippen LogP contribution in [0.15, 0.2) is 59.4 Å². The van der Waals surface area contributed by atoms with E-state index in [1.165, 1.54) is 10.9 Å². The number of aromatic nitrogens is 3. The lowest BCUT2D eigenvalue weighted by Gasteiger charge is -2.19. The summed E-state index contributed by atoms with van der Waals surface area (Å²) in [5, 5.41) is 3.12. The van der Waals surface area contributed by atoms with Crippen molar-refractivity contribution in [3.05, 3.63) is 70.5 Å². The maximum absolute atomic E-state index is 13.4. The summed E-state index contributed by atoms with van der Waals surface area (Å²) in [5.41, 5.74) is 6.73. The summed E-state index contributed by atoms with van der Waals surface area (Å²) >= 11 is 0. The Labute approximate surface area is 149 Å². The molecule has 4 heterocycles. The lowest BCUT2D eigenvalue weighted by molar-refractivity contribution is 0.665. The zero-order valence-electron chi connectivity index (χ0n) is 14.4. The molecule has 126 valence electrons. The standard InChI is InChI=1S/C22H17N3O/c1-24-17-9-5-3-7-15(17)20-18(24)12-19-21-14(10-11-25(19)22(20)26)13-6-2-4-8-16(13)23-21/h2-9,12,23H,10-11H2,1H3. The Morgan fingerprint density at radius 3 is 2.62 bits per heavy atom. The van der Waals surface area contributed by atoms with Crippen molar-refractivity contribution in [3.8, 4) is 11.4 Å². The molecule has 0 amide bonds. The number of hydrogen-bond acceptors (Lipinski definition) is 1. The van der Waals surface area contributed by atoms with E-state index < -0.39 is 0 Å². The minimum absolute atomic E-state index is 0.110. The van der Waals surface area contributed by atoms with Gasteiger partial charge in [0.25, 0.3) is 5.56 Å². The van der Waals surface area contributed by atoms with Gasteiger partial charge in [0.15, 0.2) is 0 Å². The summed E-state index contributed by atoms with van der Waals surface area (Å²) in [7, 11) is 2.04. The molecule has 0 saturated carbocycles. The van der Waals surface area contributed by atoms with Crippen LogP contribution in [-0.2, 0) is 20.0 Å². The van der Waals surface area contributed by atoms with Crippen LogP contribution >= 0.6 is 0 Å². The molecule has 2 aromatic carbocycles. The number of aromatic amines is 1. The summed E-state index contributed by atoms with van der Waals surface area (Å²) < 4.78 is 4.07. The lowest BCUT2D eigenvalue weighted by Crippen LogP contribution is -2.26. The third-order valence-corrected chi connectivity index (χ3v) is 5.83. The molecule has 1 aliphatic rings. The Kier molecular flexibility index (Phi) is 2.51. The van der Waals surface area contributed by atoms with E-state index >= 15 is 0 Å². The van der Waals surface area contributed by atoms with Crippen molar-refractivity contribution < 1.29 is 0 Å². The van der Waals surface area contributed by atoms with Crippen LogP contribution in [0, 0.1) is 0 Å². The van der Waals surface area contributed by atoms with Gasteiger partial charge in [-0.2, -0.15) is 0 Å². The summed E-state index contributed by atoms with van der Waals surface area (Å²) in [6.07, 6.45) is 0.878. The van der Waals surface area contributed by atoms with Crippen LogP contribution in [0.4, 0.5) is 0 Å². The van der Waals surface area contributed by atoms with Gasteiger partial charge in [0, 0.05) is 35.4 Å². The average molecular weight is 339 g/mol. The Bertz CT molecular complexity index is 1410. The van der Waals surface area contributed by atoms with Crippen LogP contribution < -0.4 is 5.56 Å². The van der Waals surface area contributed by atoms with Gasteiger partial charge in [0.05, 0.1) is 22.3 Å². The fourth-order valence-corrected chi connectivity index (χ4v) is 4.59. The molecule has 0 bridgehead atoms. The molecule has 0 spiro atoms. The minimum Gasteiger partial charge on any atom is -0.353 e. The molecule has 1 N–H and O–H groups in total. The second-order valence-electron chi connectivity index (χ2n) is 7.10. The van der Waals surface area contributed by atoms with E-state index in [1.54, 1.807) is 0 Å². The van der Waals surface area contributed by atoms with E-state index in [0.717, 1.165) is 51.7 Å². The van der Waals surface area contributed by atoms with Gasteiger partial charge in [-0.1, -0.05) is 36.4 Å². The second-order valence-corrected chi connectivity index (χ2v) is 7.10. The third-order valence-electron chi connectivity index (χ3n) is 5.83.